The zero-order chi connectivity index (χ0) is 28.9. The zero-order valence-electron chi connectivity index (χ0n) is 20.5. The van der Waals surface area contributed by atoms with Gasteiger partial charge >= 0.3 is 16.3 Å². The molecule has 0 atom stereocenters. The Morgan fingerprint density at radius 2 is 1.71 bits per heavy atom. The molecule has 3 rings (SSSR count). The molecule has 0 saturated carbocycles. The van der Waals surface area contributed by atoms with Crippen molar-refractivity contribution in [1.82, 2.24) is 5.32 Å². The molecule has 0 radical (unpaired) electrons. The van der Waals surface area contributed by atoms with Gasteiger partial charge in [0.25, 0.3) is 10.1 Å². The van der Waals surface area contributed by atoms with Crippen molar-refractivity contribution < 1.29 is 30.1 Å². The van der Waals surface area contributed by atoms with Gasteiger partial charge in [0.2, 0.25) is 11.9 Å². The van der Waals surface area contributed by atoms with E-state index in [1.807, 2.05) is 13.8 Å². The van der Waals surface area contributed by atoms with Gasteiger partial charge in [0, 0.05) is 22.9 Å². The van der Waals surface area contributed by atoms with Crippen molar-refractivity contribution in [3.63, 3.8) is 0 Å². The van der Waals surface area contributed by atoms with E-state index in [4.69, 9.17) is 27.6 Å². The molecule has 2 aromatic carbocycles. The van der Waals surface area contributed by atoms with Gasteiger partial charge in [-0.25, -0.2) is 9.79 Å². The Hall–Kier alpha value is -3.47. The van der Waals surface area contributed by atoms with Crippen LogP contribution in [0.5, 0.6) is 0 Å². The number of anilines is 2. The van der Waals surface area contributed by atoms with Gasteiger partial charge in [-0.2, -0.15) is 21.8 Å². The standard InChI is InChI=1S/C19H21ClFN7O3S.C2H6O3S/c1-19(2)27-16(22)26-17(23)28(19)13-6-3-11(15(20)9-13)10-24-18(29)25-12-4-7-14(8-5-12)32(21,30)31;1-2-6(3,4)5/h3-9H,10H2,1-2H3,(H2,24,25,29)(H4,22,23,26,27);2H2,1H3,(H,3,4,5). The average molecular weight is 592 g/mol. The lowest BCUT2D eigenvalue weighted by Gasteiger charge is -2.38. The minimum absolute atomic E-state index is 0.0858. The monoisotopic (exact) mass is 591 g/mol. The number of carbonyl (C=O) groups is 1. The summed E-state index contributed by atoms with van der Waals surface area (Å²) in [7, 11) is -8.46. The van der Waals surface area contributed by atoms with E-state index in [9.17, 15) is 25.5 Å². The van der Waals surface area contributed by atoms with Crippen LogP contribution in [-0.2, 0) is 26.9 Å². The second kappa shape index (κ2) is 11.9. The average Bonchev–Trinajstić information content (AvgIpc) is 2.77. The van der Waals surface area contributed by atoms with Crippen LogP contribution in [0.1, 0.15) is 26.3 Å². The van der Waals surface area contributed by atoms with Gasteiger partial charge in [-0.1, -0.05) is 17.7 Å². The number of urea groups is 1. The first-order valence-corrected chi connectivity index (χ1v) is 14.1. The van der Waals surface area contributed by atoms with Gasteiger partial charge < -0.3 is 22.1 Å². The minimum atomic E-state index is -4.80. The molecular formula is C21H27ClFN7O6S2. The van der Waals surface area contributed by atoms with E-state index in [0.717, 1.165) is 12.1 Å². The summed E-state index contributed by atoms with van der Waals surface area (Å²) >= 11 is 6.39. The molecule has 2 amide bonds. The SMILES string of the molecule is CC1(C)N=C(N)N=C(N)N1c1ccc(CNC(=O)Nc2ccc(S(=O)(=O)F)cc2)c(Cl)c1.CCS(=O)(=O)O. The van der Waals surface area contributed by atoms with Crippen LogP contribution in [0.25, 0.3) is 0 Å². The minimum Gasteiger partial charge on any atom is -0.369 e. The molecule has 13 nitrogen and oxygen atoms in total. The van der Waals surface area contributed by atoms with E-state index in [1.165, 1.54) is 19.1 Å². The first-order chi connectivity index (χ1) is 17.4. The molecule has 17 heteroatoms. The van der Waals surface area contributed by atoms with E-state index in [1.54, 1.807) is 23.1 Å². The van der Waals surface area contributed by atoms with Gasteiger partial charge in [0.05, 0.1) is 10.6 Å². The van der Waals surface area contributed by atoms with Crippen LogP contribution in [0.15, 0.2) is 57.3 Å². The van der Waals surface area contributed by atoms with Crippen molar-refractivity contribution in [3.8, 4) is 0 Å². The molecule has 0 fully saturated rings. The number of carbonyl (C=O) groups excluding carboxylic acids is 1. The number of nitrogens with two attached hydrogens (primary N) is 2. The summed E-state index contributed by atoms with van der Waals surface area (Å²) in [4.78, 5) is 21.6. The normalized spacial score (nSPS) is 14.9. The summed E-state index contributed by atoms with van der Waals surface area (Å²) in [6, 6.07) is 9.25. The van der Waals surface area contributed by atoms with Crippen molar-refractivity contribution in [2.45, 2.75) is 37.9 Å². The highest BCUT2D eigenvalue weighted by molar-refractivity contribution is 7.86. The third-order valence-electron chi connectivity index (χ3n) is 4.89. The van der Waals surface area contributed by atoms with Crippen LogP contribution in [0.2, 0.25) is 5.02 Å². The maximum Gasteiger partial charge on any atom is 0.332 e. The van der Waals surface area contributed by atoms with E-state index in [0.29, 0.717) is 22.0 Å². The molecule has 2 aromatic rings. The van der Waals surface area contributed by atoms with Crippen molar-refractivity contribution in [1.29, 1.82) is 0 Å². The van der Waals surface area contributed by atoms with Crippen molar-refractivity contribution in [2.24, 2.45) is 21.5 Å². The van der Waals surface area contributed by atoms with Gasteiger partial charge in [-0.05, 0) is 62.7 Å². The molecule has 1 aliphatic rings. The van der Waals surface area contributed by atoms with Crippen LogP contribution in [-0.4, -0.2) is 50.8 Å². The van der Waals surface area contributed by atoms with Crippen LogP contribution in [0.4, 0.5) is 20.1 Å². The van der Waals surface area contributed by atoms with Crippen molar-refractivity contribution >= 4 is 61.3 Å². The maximum absolute atomic E-state index is 12.9. The number of hydrogen-bond donors (Lipinski definition) is 5. The number of benzene rings is 2. The van der Waals surface area contributed by atoms with E-state index in [-0.39, 0.29) is 24.2 Å². The Balaban J connectivity index is 0.000000757. The molecule has 0 unspecified atom stereocenters. The van der Waals surface area contributed by atoms with Crippen molar-refractivity contribution in [3.05, 3.63) is 53.1 Å². The highest BCUT2D eigenvalue weighted by Gasteiger charge is 2.33. The lowest BCUT2D eigenvalue weighted by atomic mass is 10.1. The number of guanidine groups is 2. The van der Waals surface area contributed by atoms with Gasteiger partial charge in [0.1, 0.15) is 5.66 Å². The molecule has 0 bridgehead atoms. The highest BCUT2D eigenvalue weighted by Crippen LogP contribution is 2.30. The molecule has 208 valence electrons. The molecule has 0 aliphatic carbocycles. The van der Waals surface area contributed by atoms with Crippen LogP contribution >= 0.6 is 11.6 Å². The predicted molar refractivity (Wildman–Crippen MR) is 144 cm³/mol. The summed E-state index contributed by atoms with van der Waals surface area (Å²) < 4.78 is 61.5. The zero-order valence-corrected chi connectivity index (χ0v) is 22.9. The number of nitrogens with zero attached hydrogens (tertiary/aromatic N) is 3. The summed E-state index contributed by atoms with van der Waals surface area (Å²) in [5.41, 5.74) is 12.5. The first-order valence-electron chi connectivity index (χ1n) is 10.8. The number of rotatable bonds is 6. The number of hydrogen-bond acceptors (Lipinski definition) is 10. The molecule has 1 heterocycles. The van der Waals surface area contributed by atoms with E-state index >= 15 is 0 Å². The number of amides is 2. The Kier molecular flexibility index (Phi) is 9.66. The molecule has 0 spiro atoms. The number of aliphatic imine (C=N–C) groups is 2. The second-order valence-corrected chi connectivity index (χ2v) is 11.7. The number of nitrogens with one attached hydrogen (secondary N) is 2. The topological polar surface area (TPSA) is 210 Å². The van der Waals surface area contributed by atoms with E-state index < -0.39 is 36.9 Å². The van der Waals surface area contributed by atoms with Crippen molar-refractivity contribution in [2.75, 3.05) is 16.0 Å². The molecular weight excluding hydrogens is 565 g/mol. The fourth-order valence-electron chi connectivity index (χ4n) is 3.12. The Bertz CT molecular complexity index is 1460. The van der Waals surface area contributed by atoms with Gasteiger partial charge in [-0.3, -0.25) is 9.45 Å². The fourth-order valence-corrected chi connectivity index (χ4v) is 3.82. The molecule has 38 heavy (non-hydrogen) atoms. The quantitative estimate of drug-likeness (QED) is 0.246. The highest BCUT2D eigenvalue weighted by atomic mass is 35.5. The van der Waals surface area contributed by atoms with Gasteiger partial charge in [0.15, 0.2) is 0 Å². The molecule has 7 N–H and O–H groups in total. The Morgan fingerprint density at radius 1 is 1.13 bits per heavy atom. The van der Waals surface area contributed by atoms with Gasteiger partial charge in [-0.15, -0.1) is 3.89 Å². The smallest absolute Gasteiger partial charge is 0.332 e. The lowest BCUT2D eigenvalue weighted by Crippen LogP contribution is -2.54. The maximum atomic E-state index is 12.9. The predicted octanol–water partition coefficient (Wildman–Crippen LogP) is 2.40. The summed E-state index contributed by atoms with van der Waals surface area (Å²) in [6.45, 7) is 5.13. The number of halogens is 2. The second-order valence-electron chi connectivity index (χ2n) is 8.19. The Labute approximate surface area is 224 Å². The third-order valence-corrected chi connectivity index (χ3v) is 6.80. The summed E-state index contributed by atoms with van der Waals surface area (Å²) in [5, 5.41) is 5.53. The largest absolute Gasteiger partial charge is 0.369 e. The lowest BCUT2D eigenvalue weighted by molar-refractivity contribution is 0.251. The van der Waals surface area contributed by atoms with E-state index in [2.05, 4.69) is 20.6 Å². The molecule has 0 saturated heterocycles. The Morgan fingerprint density at radius 3 is 2.18 bits per heavy atom. The summed E-state index contributed by atoms with van der Waals surface area (Å²) in [5.74, 6) is 0.0607. The van der Waals surface area contributed by atoms with Crippen LogP contribution in [0, 0.1) is 0 Å². The van der Waals surface area contributed by atoms with Crippen LogP contribution < -0.4 is 27.0 Å². The van der Waals surface area contributed by atoms with Crippen LogP contribution in [0.3, 0.4) is 0 Å². The third kappa shape index (κ3) is 8.83. The molecule has 0 aromatic heterocycles. The summed E-state index contributed by atoms with van der Waals surface area (Å²) in [6.07, 6.45) is 0. The molecule has 1 aliphatic heterocycles. The fraction of sp³-hybridized carbons (Fsp3) is 0.286. The first kappa shape index (κ1) is 30.8.